The van der Waals surface area contributed by atoms with Gasteiger partial charge in [-0.15, -0.1) is 0 Å². The van der Waals surface area contributed by atoms with Crippen molar-refractivity contribution in [2.24, 2.45) is 11.8 Å². The standard InChI is InChI=1S/C12H17FN2O/c1-8(2)9(3)7-15-12(16)10-4-5-14-11(13)6-10/h4-6,8-9H,7H2,1-3H3,(H,15,16). The van der Waals surface area contributed by atoms with E-state index in [1.54, 1.807) is 0 Å². The maximum atomic E-state index is 12.8. The Morgan fingerprint density at radius 3 is 2.75 bits per heavy atom. The number of halogens is 1. The zero-order chi connectivity index (χ0) is 12.1. The van der Waals surface area contributed by atoms with Crippen LogP contribution in [0.4, 0.5) is 4.39 Å². The second-order valence-corrected chi connectivity index (χ2v) is 4.30. The van der Waals surface area contributed by atoms with Crippen LogP contribution in [0.1, 0.15) is 31.1 Å². The highest BCUT2D eigenvalue weighted by atomic mass is 19.1. The summed E-state index contributed by atoms with van der Waals surface area (Å²) in [5, 5.41) is 2.77. The van der Waals surface area contributed by atoms with Crippen LogP contribution in [-0.2, 0) is 0 Å². The van der Waals surface area contributed by atoms with Crippen molar-refractivity contribution in [3.63, 3.8) is 0 Å². The van der Waals surface area contributed by atoms with Crippen LogP contribution >= 0.6 is 0 Å². The molecule has 1 unspecified atom stereocenters. The zero-order valence-electron chi connectivity index (χ0n) is 9.83. The van der Waals surface area contributed by atoms with Gasteiger partial charge in [-0.3, -0.25) is 4.79 Å². The molecule has 1 aromatic rings. The Labute approximate surface area is 95.1 Å². The van der Waals surface area contributed by atoms with E-state index in [1.165, 1.54) is 12.3 Å². The summed E-state index contributed by atoms with van der Waals surface area (Å²) in [5.74, 6) is 0.0171. The number of carbonyl (C=O) groups is 1. The average molecular weight is 224 g/mol. The van der Waals surface area contributed by atoms with E-state index < -0.39 is 5.95 Å². The number of amides is 1. The molecule has 0 aliphatic rings. The minimum atomic E-state index is -0.635. The first kappa shape index (κ1) is 12.6. The van der Waals surface area contributed by atoms with Crippen molar-refractivity contribution < 1.29 is 9.18 Å². The van der Waals surface area contributed by atoms with E-state index >= 15 is 0 Å². The van der Waals surface area contributed by atoms with E-state index in [0.717, 1.165) is 6.07 Å². The summed E-state index contributed by atoms with van der Waals surface area (Å²) in [6, 6.07) is 2.63. The van der Waals surface area contributed by atoms with Gasteiger partial charge in [0.1, 0.15) is 0 Å². The van der Waals surface area contributed by atoms with Crippen LogP contribution in [0.3, 0.4) is 0 Å². The molecule has 4 heteroatoms. The molecule has 0 aliphatic heterocycles. The van der Waals surface area contributed by atoms with Crippen LogP contribution in [0, 0.1) is 17.8 Å². The molecule has 1 heterocycles. The van der Waals surface area contributed by atoms with Crippen molar-refractivity contribution in [2.45, 2.75) is 20.8 Å². The third kappa shape index (κ3) is 3.61. The number of hydrogen-bond acceptors (Lipinski definition) is 2. The molecule has 0 bridgehead atoms. The molecule has 0 saturated carbocycles. The van der Waals surface area contributed by atoms with Gasteiger partial charge in [0.15, 0.2) is 0 Å². The monoisotopic (exact) mass is 224 g/mol. The highest BCUT2D eigenvalue weighted by molar-refractivity contribution is 5.93. The maximum Gasteiger partial charge on any atom is 0.251 e. The van der Waals surface area contributed by atoms with Gasteiger partial charge < -0.3 is 5.32 Å². The van der Waals surface area contributed by atoms with Crippen LogP contribution in [-0.4, -0.2) is 17.4 Å². The Hall–Kier alpha value is -1.45. The lowest BCUT2D eigenvalue weighted by atomic mass is 9.98. The first-order chi connectivity index (χ1) is 7.50. The van der Waals surface area contributed by atoms with Crippen LogP contribution in [0.15, 0.2) is 18.3 Å². The van der Waals surface area contributed by atoms with E-state index in [2.05, 4.69) is 31.1 Å². The molecule has 1 aromatic heterocycles. The van der Waals surface area contributed by atoms with Crippen LogP contribution in [0.2, 0.25) is 0 Å². The van der Waals surface area contributed by atoms with E-state index in [1.807, 2.05) is 0 Å². The van der Waals surface area contributed by atoms with Crippen LogP contribution < -0.4 is 5.32 Å². The van der Waals surface area contributed by atoms with Gasteiger partial charge >= 0.3 is 0 Å². The summed E-state index contributed by atoms with van der Waals surface area (Å²) >= 11 is 0. The van der Waals surface area contributed by atoms with E-state index in [-0.39, 0.29) is 5.91 Å². The molecule has 16 heavy (non-hydrogen) atoms. The molecule has 0 aromatic carbocycles. The number of hydrogen-bond donors (Lipinski definition) is 1. The van der Waals surface area contributed by atoms with Gasteiger partial charge in [-0.25, -0.2) is 4.98 Å². The Morgan fingerprint density at radius 2 is 2.19 bits per heavy atom. The molecule has 0 saturated heterocycles. The average Bonchev–Trinajstić information content (AvgIpc) is 2.25. The van der Waals surface area contributed by atoms with Gasteiger partial charge in [0, 0.05) is 24.4 Å². The number of aromatic nitrogens is 1. The van der Waals surface area contributed by atoms with E-state index in [4.69, 9.17) is 0 Å². The van der Waals surface area contributed by atoms with Crippen molar-refractivity contribution in [1.29, 1.82) is 0 Å². The number of carbonyl (C=O) groups excluding carboxylic acids is 1. The predicted octanol–water partition coefficient (Wildman–Crippen LogP) is 2.24. The predicted molar refractivity (Wildman–Crippen MR) is 60.5 cm³/mol. The highest BCUT2D eigenvalue weighted by Gasteiger charge is 2.10. The minimum absolute atomic E-state index is 0.256. The normalized spacial score (nSPS) is 12.6. The van der Waals surface area contributed by atoms with Crippen LogP contribution in [0.25, 0.3) is 0 Å². The quantitative estimate of drug-likeness (QED) is 0.797. The Balaban J connectivity index is 2.53. The Morgan fingerprint density at radius 1 is 1.50 bits per heavy atom. The summed E-state index contributed by atoms with van der Waals surface area (Å²) in [6.07, 6.45) is 1.29. The van der Waals surface area contributed by atoms with Gasteiger partial charge in [0.05, 0.1) is 0 Å². The van der Waals surface area contributed by atoms with Gasteiger partial charge in [0.25, 0.3) is 5.91 Å². The SMILES string of the molecule is CC(C)C(C)CNC(=O)c1ccnc(F)c1. The van der Waals surface area contributed by atoms with Crippen molar-refractivity contribution in [1.82, 2.24) is 10.3 Å². The Bertz CT molecular complexity index is 366. The molecule has 0 aliphatic carbocycles. The fourth-order valence-electron chi connectivity index (χ4n) is 1.14. The largest absolute Gasteiger partial charge is 0.352 e. The second kappa shape index (κ2) is 5.58. The van der Waals surface area contributed by atoms with Crippen molar-refractivity contribution >= 4 is 5.91 Å². The van der Waals surface area contributed by atoms with Crippen molar-refractivity contribution in [3.05, 3.63) is 29.8 Å². The topological polar surface area (TPSA) is 42.0 Å². The number of nitrogens with zero attached hydrogens (tertiary/aromatic N) is 1. The second-order valence-electron chi connectivity index (χ2n) is 4.30. The number of nitrogens with one attached hydrogen (secondary N) is 1. The van der Waals surface area contributed by atoms with Gasteiger partial charge in [-0.1, -0.05) is 20.8 Å². The molecular weight excluding hydrogens is 207 g/mol. The molecule has 1 amide bonds. The first-order valence-electron chi connectivity index (χ1n) is 5.40. The number of rotatable bonds is 4. The lowest BCUT2D eigenvalue weighted by Gasteiger charge is -2.15. The van der Waals surface area contributed by atoms with Gasteiger partial charge in [-0.05, 0) is 17.9 Å². The Kier molecular flexibility index (Phi) is 4.40. The van der Waals surface area contributed by atoms with Gasteiger partial charge in [-0.2, -0.15) is 4.39 Å². The molecule has 0 radical (unpaired) electrons. The molecule has 1 atom stereocenters. The lowest BCUT2D eigenvalue weighted by Crippen LogP contribution is -2.30. The fraction of sp³-hybridized carbons (Fsp3) is 0.500. The summed E-state index contributed by atoms with van der Waals surface area (Å²) in [7, 11) is 0. The molecular formula is C12H17FN2O. The van der Waals surface area contributed by atoms with Gasteiger partial charge in [0.2, 0.25) is 5.95 Å². The highest BCUT2D eigenvalue weighted by Crippen LogP contribution is 2.08. The number of pyridine rings is 1. The summed E-state index contributed by atoms with van der Waals surface area (Å²) in [4.78, 5) is 15.0. The molecule has 88 valence electrons. The molecule has 1 rings (SSSR count). The molecule has 3 nitrogen and oxygen atoms in total. The molecule has 0 spiro atoms. The maximum absolute atomic E-state index is 12.8. The first-order valence-corrected chi connectivity index (χ1v) is 5.40. The minimum Gasteiger partial charge on any atom is -0.352 e. The third-order valence-electron chi connectivity index (χ3n) is 2.71. The van der Waals surface area contributed by atoms with E-state index in [0.29, 0.717) is 23.9 Å². The van der Waals surface area contributed by atoms with Crippen molar-refractivity contribution in [3.8, 4) is 0 Å². The smallest absolute Gasteiger partial charge is 0.251 e. The molecule has 1 N–H and O–H groups in total. The van der Waals surface area contributed by atoms with E-state index in [9.17, 15) is 9.18 Å². The fourth-order valence-corrected chi connectivity index (χ4v) is 1.14. The van der Waals surface area contributed by atoms with Crippen LogP contribution in [0.5, 0.6) is 0 Å². The lowest BCUT2D eigenvalue weighted by molar-refractivity contribution is 0.0944. The summed E-state index contributed by atoms with van der Waals surface area (Å²) in [6.45, 7) is 6.87. The third-order valence-corrected chi connectivity index (χ3v) is 2.71. The zero-order valence-corrected chi connectivity index (χ0v) is 9.83. The summed E-state index contributed by atoms with van der Waals surface area (Å²) in [5.41, 5.74) is 0.309. The summed E-state index contributed by atoms with van der Waals surface area (Å²) < 4.78 is 12.8. The molecule has 0 fully saturated rings. The van der Waals surface area contributed by atoms with Crippen molar-refractivity contribution in [2.75, 3.05) is 6.54 Å².